The van der Waals surface area contributed by atoms with Gasteiger partial charge in [-0.2, -0.15) is 0 Å². The summed E-state index contributed by atoms with van der Waals surface area (Å²) in [5.74, 6) is -0.0553. The monoisotopic (exact) mass is 298 g/mol. The van der Waals surface area contributed by atoms with Crippen LogP contribution in [0, 0.1) is 0 Å². The Bertz CT molecular complexity index is 569. The summed E-state index contributed by atoms with van der Waals surface area (Å²) in [7, 11) is -3.74. The number of aryl methyl sites for hydroxylation is 2. The van der Waals surface area contributed by atoms with E-state index in [0.717, 1.165) is 23.2 Å². The minimum atomic E-state index is -3.74. The van der Waals surface area contributed by atoms with E-state index in [1.165, 1.54) is 12.1 Å². The highest BCUT2D eigenvalue weighted by atomic mass is 32.2. The zero-order chi connectivity index (χ0) is 15.3. The number of amides is 1. The molecule has 5 nitrogen and oxygen atoms in total. The number of primary sulfonamides is 1. The van der Waals surface area contributed by atoms with Crippen LogP contribution in [0.2, 0.25) is 0 Å². The van der Waals surface area contributed by atoms with Gasteiger partial charge in [0.25, 0.3) is 0 Å². The predicted molar refractivity (Wildman–Crippen MR) is 80.1 cm³/mol. The molecule has 0 fully saturated rings. The predicted octanol–water partition coefficient (Wildman–Crippen LogP) is 2.20. The smallest absolute Gasteiger partial charge is 0.238 e. The van der Waals surface area contributed by atoms with E-state index in [1.807, 2.05) is 20.8 Å². The van der Waals surface area contributed by atoms with Crippen molar-refractivity contribution in [3.63, 3.8) is 0 Å². The Morgan fingerprint density at radius 1 is 1.15 bits per heavy atom. The number of hydrogen-bond donors (Lipinski definition) is 2. The maximum atomic E-state index is 11.8. The molecule has 0 heterocycles. The van der Waals surface area contributed by atoms with Crippen LogP contribution in [-0.4, -0.2) is 14.3 Å². The van der Waals surface area contributed by atoms with Gasteiger partial charge in [-0.05, 0) is 42.5 Å². The molecule has 0 bridgehead atoms. The maximum Gasteiger partial charge on any atom is 0.238 e. The largest absolute Gasteiger partial charge is 0.326 e. The fourth-order valence-electron chi connectivity index (χ4n) is 2.05. The van der Waals surface area contributed by atoms with Crippen LogP contribution in [-0.2, 0) is 27.7 Å². The second kappa shape index (κ2) is 6.85. The third-order valence-corrected chi connectivity index (χ3v) is 4.00. The summed E-state index contributed by atoms with van der Waals surface area (Å²) in [4.78, 5) is 11.9. The molecule has 0 unspecified atom stereocenters. The Balaban J connectivity index is 3.32. The Kier molecular flexibility index (Phi) is 5.71. The maximum absolute atomic E-state index is 11.8. The standard InChI is InChI=1S/C14H22N2O3S/c1-4-7-13(17)16-14-10(5-2)8-12(20(15,18)19)9-11(14)6-3/h8-9H,4-7H2,1-3H3,(H,16,17)(H2,15,18,19). The first-order chi connectivity index (χ1) is 9.33. The minimum absolute atomic E-state index is 0.0553. The first-order valence-corrected chi connectivity index (χ1v) is 8.36. The average Bonchev–Trinajstić information content (AvgIpc) is 2.37. The van der Waals surface area contributed by atoms with Crippen molar-refractivity contribution in [1.82, 2.24) is 0 Å². The lowest BCUT2D eigenvalue weighted by molar-refractivity contribution is -0.116. The summed E-state index contributed by atoms with van der Waals surface area (Å²) in [5, 5.41) is 8.07. The molecule has 0 aliphatic rings. The van der Waals surface area contributed by atoms with E-state index in [0.29, 0.717) is 19.3 Å². The number of hydrogen-bond acceptors (Lipinski definition) is 3. The third kappa shape index (κ3) is 4.05. The van der Waals surface area contributed by atoms with Crippen LogP contribution >= 0.6 is 0 Å². The molecule has 1 amide bonds. The van der Waals surface area contributed by atoms with Gasteiger partial charge in [-0.15, -0.1) is 0 Å². The summed E-state index contributed by atoms with van der Waals surface area (Å²) in [5.41, 5.74) is 2.30. The van der Waals surface area contributed by atoms with Gasteiger partial charge in [0.1, 0.15) is 0 Å². The Hall–Kier alpha value is -1.40. The molecule has 0 saturated carbocycles. The van der Waals surface area contributed by atoms with E-state index < -0.39 is 10.0 Å². The Labute approximate surface area is 120 Å². The van der Waals surface area contributed by atoms with Gasteiger partial charge in [-0.25, -0.2) is 13.6 Å². The van der Waals surface area contributed by atoms with Crippen LogP contribution in [0.4, 0.5) is 5.69 Å². The zero-order valence-electron chi connectivity index (χ0n) is 12.2. The molecule has 6 heteroatoms. The second-order valence-corrected chi connectivity index (χ2v) is 6.23. The molecule has 0 radical (unpaired) electrons. The number of carbonyl (C=O) groups is 1. The van der Waals surface area contributed by atoms with Gasteiger partial charge in [0.2, 0.25) is 15.9 Å². The van der Waals surface area contributed by atoms with Crippen molar-refractivity contribution in [3.05, 3.63) is 23.3 Å². The fraction of sp³-hybridized carbons (Fsp3) is 0.500. The Morgan fingerprint density at radius 2 is 1.65 bits per heavy atom. The van der Waals surface area contributed by atoms with Crippen LogP contribution in [0.1, 0.15) is 44.7 Å². The first kappa shape index (κ1) is 16.7. The van der Waals surface area contributed by atoms with Crippen molar-refractivity contribution in [2.45, 2.75) is 51.3 Å². The van der Waals surface area contributed by atoms with Crippen LogP contribution < -0.4 is 10.5 Å². The molecular formula is C14H22N2O3S. The van der Waals surface area contributed by atoms with Gasteiger partial charge < -0.3 is 5.32 Å². The lowest BCUT2D eigenvalue weighted by Gasteiger charge is -2.16. The lowest BCUT2D eigenvalue weighted by Crippen LogP contribution is -2.17. The second-order valence-electron chi connectivity index (χ2n) is 4.67. The molecular weight excluding hydrogens is 276 g/mol. The topological polar surface area (TPSA) is 89.3 Å². The van der Waals surface area contributed by atoms with Gasteiger partial charge in [-0.1, -0.05) is 20.8 Å². The summed E-state index contributed by atoms with van der Waals surface area (Å²) < 4.78 is 23.0. The highest BCUT2D eigenvalue weighted by Gasteiger charge is 2.16. The number of sulfonamides is 1. The molecule has 20 heavy (non-hydrogen) atoms. The van der Waals surface area contributed by atoms with E-state index in [2.05, 4.69) is 5.32 Å². The molecule has 0 aromatic heterocycles. The molecule has 0 spiro atoms. The van der Waals surface area contributed by atoms with E-state index >= 15 is 0 Å². The first-order valence-electron chi connectivity index (χ1n) is 6.81. The molecule has 0 atom stereocenters. The van der Waals surface area contributed by atoms with Crippen molar-refractivity contribution < 1.29 is 13.2 Å². The number of nitrogens with two attached hydrogens (primary N) is 1. The van der Waals surface area contributed by atoms with Crippen molar-refractivity contribution >= 4 is 21.6 Å². The summed E-state index contributed by atoms with van der Waals surface area (Å²) in [6, 6.07) is 3.08. The molecule has 0 aliphatic heterocycles. The zero-order valence-corrected chi connectivity index (χ0v) is 13.0. The van der Waals surface area contributed by atoms with E-state index in [9.17, 15) is 13.2 Å². The van der Waals surface area contributed by atoms with Crippen molar-refractivity contribution in [1.29, 1.82) is 0 Å². The highest BCUT2D eigenvalue weighted by Crippen LogP contribution is 2.27. The molecule has 1 rings (SSSR count). The van der Waals surface area contributed by atoms with E-state index in [-0.39, 0.29) is 10.8 Å². The average molecular weight is 298 g/mol. The van der Waals surface area contributed by atoms with E-state index in [1.54, 1.807) is 0 Å². The van der Waals surface area contributed by atoms with Crippen molar-refractivity contribution in [3.8, 4) is 0 Å². The van der Waals surface area contributed by atoms with Crippen molar-refractivity contribution in [2.75, 3.05) is 5.32 Å². The fourth-order valence-corrected chi connectivity index (χ4v) is 2.66. The van der Waals surface area contributed by atoms with Gasteiger partial charge in [0.15, 0.2) is 0 Å². The summed E-state index contributed by atoms with van der Waals surface area (Å²) >= 11 is 0. The number of rotatable bonds is 6. The molecule has 0 saturated heterocycles. The Morgan fingerprint density at radius 3 is 2.00 bits per heavy atom. The van der Waals surface area contributed by atoms with Gasteiger partial charge in [0, 0.05) is 12.1 Å². The molecule has 1 aromatic rings. The molecule has 3 N–H and O–H groups in total. The SMILES string of the molecule is CCCC(=O)Nc1c(CC)cc(S(N)(=O)=O)cc1CC. The number of anilines is 1. The number of nitrogens with one attached hydrogen (secondary N) is 1. The molecule has 112 valence electrons. The minimum Gasteiger partial charge on any atom is -0.326 e. The lowest BCUT2D eigenvalue weighted by atomic mass is 10.0. The van der Waals surface area contributed by atoms with Crippen LogP contribution in [0.5, 0.6) is 0 Å². The highest BCUT2D eigenvalue weighted by molar-refractivity contribution is 7.89. The van der Waals surface area contributed by atoms with Gasteiger partial charge in [0.05, 0.1) is 4.90 Å². The van der Waals surface area contributed by atoms with Crippen LogP contribution in [0.3, 0.4) is 0 Å². The summed E-state index contributed by atoms with van der Waals surface area (Å²) in [6.45, 7) is 5.76. The summed E-state index contributed by atoms with van der Waals surface area (Å²) in [6.07, 6.45) is 2.46. The van der Waals surface area contributed by atoms with Crippen molar-refractivity contribution in [2.24, 2.45) is 5.14 Å². The molecule has 0 aliphatic carbocycles. The third-order valence-electron chi connectivity index (χ3n) is 3.11. The number of benzene rings is 1. The van der Waals surface area contributed by atoms with Crippen LogP contribution in [0.25, 0.3) is 0 Å². The van der Waals surface area contributed by atoms with E-state index in [4.69, 9.17) is 5.14 Å². The normalized spacial score (nSPS) is 11.4. The molecule has 1 aromatic carbocycles. The van der Waals surface area contributed by atoms with Crippen LogP contribution in [0.15, 0.2) is 17.0 Å². The quantitative estimate of drug-likeness (QED) is 0.843. The van der Waals surface area contributed by atoms with Gasteiger partial charge >= 0.3 is 0 Å². The number of carbonyl (C=O) groups excluding carboxylic acids is 1. The van der Waals surface area contributed by atoms with Gasteiger partial charge in [-0.3, -0.25) is 4.79 Å².